The van der Waals surface area contributed by atoms with E-state index < -0.39 is 0 Å². The van der Waals surface area contributed by atoms with Gasteiger partial charge in [-0.2, -0.15) is 0 Å². The van der Waals surface area contributed by atoms with E-state index in [2.05, 4.69) is 30.3 Å². The summed E-state index contributed by atoms with van der Waals surface area (Å²) in [6.45, 7) is 0. The van der Waals surface area contributed by atoms with Gasteiger partial charge in [-0.3, -0.25) is 0 Å². The Hall–Kier alpha value is -1.50. The van der Waals surface area contributed by atoms with Crippen molar-refractivity contribution < 1.29 is 5.11 Å². The van der Waals surface area contributed by atoms with E-state index >= 15 is 0 Å². The van der Waals surface area contributed by atoms with Crippen molar-refractivity contribution in [1.82, 2.24) is 0 Å². The second-order valence-corrected chi connectivity index (χ2v) is 13.3. The van der Waals surface area contributed by atoms with Crippen LogP contribution in [0.2, 0.25) is 0 Å². The molecule has 0 unspecified atom stereocenters. The fraction of sp³-hybridized carbons (Fsp3) is 0.667. The molecule has 10 rings (SSSR count). The van der Waals surface area contributed by atoms with E-state index in [4.69, 9.17) is 0 Å². The van der Waals surface area contributed by atoms with Gasteiger partial charge in [0.1, 0.15) is 5.75 Å². The molecule has 8 saturated carbocycles. The summed E-state index contributed by atoms with van der Waals surface area (Å²) in [5.41, 5.74) is 3.66. The second-order valence-electron chi connectivity index (χ2n) is 13.3. The molecule has 0 radical (unpaired) electrons. The van der Waals surface area contributed by atoms with Crippen LogP contribution in [0.15, 0.2) is 30.3 Å². The summed E-state index contributed by atoms with van der Waals surface area (Å²) in [5.74, 6) is 6.30. The average Bonchev–Trinajstić information content (AvgIpc) is 2.71. The highest BCUT2D eigenvalue weighted by Crippen LogP contribution is 2.63. The van der Waals surface area contributed by atoms with Crippen LogP contribution in [0.4, 0.5) is 0 Å². The maximum atomic E-state index is 11.2. The van der Waals surface area contributed by atoms with E-state index in [0.717, 1.165) is 35.5 Å². The first-order valence-corrected chi connectivity index (χ1v) is 13.3. The van der Waals surface area contributed by atoms with Gasteiger partial charge in [0.05, 0.1) is 0 Å². The van der Waals surface area contributed by atoms with Crippen LogP contribution in [-0.4, -0.2) is 5.11 Å². The molecular weight excluding hydrogens is 376 g/mol. The lowest BCUT2D eigenvalue weighted by molar-refractivity contribution is -0.00606. The zero-order chi connectivity index (χ0) is 20.4. The Morgan fingerprint density at radius 2 is 1.03 bits per heavy atom. The molecule has 2 aromatic carbocycles. The summed E-state index contributed by atoms with van der Waals surface area (Å²) >= 11 is 0. The zero-order valence-electron chi connectivity index (χ0n) is 18.8. The Kier molecular flexibility index (Phi) is 3.42. The van der Waals surface area contributed by atoms with Crippen LogP contribution in [0.1, 0.15) is 88.2 Å². The Balaban J connectivity index is 1.23. The van der Waals surface area contributed by atoms with Crippen LogP contribution in [-0.2, 0) is 10.8 Å². The summed E-state index contributed by atoms with van der Waals surface area (Å²) in [7, 11) is 0. The van der Waals surface area contributed by atoms with Crippen molar-refractivity contribution in [3.8, 4) is 5.75 Å². The third kappa shape index (κ3) is 2.50. The average molecular weight is 413 g/mol. The largest absolute Gasteiger partial charge is 0.508 e. The first-order valence-electron chi connectivity index (χ1n) is 13.3. The number of benzene rings is 2. The highest BCUT2D eigenvalue weighted by atomic mass is 16.3. The van der Waals surface area contributed by atoms with Crippen LogP contribution in [0.3, 0.4) is 0 Å². The molecule has 1 heteroatoms. The minimum absolute atomic E-state index is 0.268. The summed E-state index contributed by atoms with van der Waals surface area (Å²) < 4.78 is 0. The number of hydrogen-bond acceptors (Lipinski definition) is 1. The topological polar surface area (TPSA) is 20.2 Å². The van der Waals surface area contributed by atoms with Gasteiger partial charge in [-0.1, -0.05) is 18.2 Å². The van der Waals surface area contributed by atoms with Gasteiger partial charge in [-0.25, -0.2) is 0 Å². The molecule has 0 aliphatic heterocycles. The fourth-order valence-corrected chi connectivity index (χ4v) is 10.9. The number of rotatable bonds is 2. The molecule has 0 aromatic heterocycles. The van der Waals surface area contributed by atoms with Crippen molar-refractivity contribution in [1.29, 1.82) is 0 Å². The predicted octanol–water partition coefficient (Wildman–Crippen LogP) is 7.48. The van der Waals surface area contributed by atoms with Crippen LogP contribution < -0.4 is 0 Å². The van der Waals surface area contributed by atoms with Crippen molar-refractivity contribution >= 4 is 10.8 Å². The molecule has 2 aromatic rings. The minimum Gasteiger partial charge on any atom is -0.508 e. The molecule has 31 heavy (non-hydrogen) atoms. The monoisotopic (exact) mass is 412 g/mol. The summed E-state index contributed by atoms with van der Waals surface area (Å²) in [5, 5.41) is 13.8. The summed E-state index contributed by atoms with van der Waals surface area (Å²) in [6, 6.07) is 11.9. The smallest absolute Gasteiger partial charge is 0.119 e. The van der Waals surface area contributed by atoms with Crippen LogP contribution >= 0.6 is 0 Å². The Bertz CT molecular complexity index is 1010. The summed E-state index contributed by atoms with van der Waals surface area (Å²) in [6.07, 6.45) is 17.2. The van der Waals surface area contributed by atoms with Crippen molar-refractivity contribution in [3.63, 3.8) is 0 Å². The van der Waals surface area contributed by atoms with Gasteiger partial charge in [0.15, 0.2) is 0 Å². The van der Waals surface area contributed by atoms with Gasteiger partial charge < -0.3 is 5.11 Å². The molecular formula is C30H36O. The quantitative estimate of drug-likeness (QED) is 0.542. The highest BCUT2D eigenvalue weighted by Gasteiger charge is 2.53. The van der Waals surface area contributed by atoms with E-state index in [1.54, 1.807) is 5.56 Å². The third-order valence-corrected chi connectivity index (χ3v) is 11.2. The molecule has 8 fully saturated rings. The molecule has 0 amide bonds. The van der Waals surface area contributed by atoms with Gasteiger partial charge >= 0.3 is 0 Å². The van der Waals surface area contributed by atoms with Gasteiger partial charge in [0, 0.05) is 5.56 Å². The molecule has 8 aliphatic rings. The van der Waals surface area contributed by atoms with E-state index in [-0.39, 0.29) is 5.41 Å². The maximum absolute atomic E-state index is 11.2. The number of phenols is 1. The molecule has 8 bridgehead atoms. The highest BCUT2D eigenvalue weighted by molar-refractivity contribution is 5.86. The fourth-order valence-electron chi connectivity index (χ4n) is 10.9. The molecule has 8 aliphatic carbocycles. The Morgan fingerprint density at radius 3 is 1.55 bits per heavy atom. The Labute approximate surface area is 186 Å². The van der Waals surface area contributed by atoms with Gasteiger partial charge in [-0.15, -0.1) is 0 Å². The van der Waals surface area contributed by atoms with Crippen molar-refractivity contribution in [3.05, 3.63) is 41.5 Å². The van der Waals surface area contributed by atoms with E-state index in [1.165, 1.54) is 93.4 Å². The molecule has 0 saturated heterocycles. The molecule has 0 heterocycles. The normalized spacial score (nSPS) is 46.8. The van der Waals surface area contributed by atoms with E-state index in [9.17, 15) is 5.11 Å². The lowest BCUT2D eigenvalue weighted by Crippen LogP contribution is -2.48. The van der Waals surface area contributed by atoms with Gasteiger partial charge in [0.25, 0.3) is 0 Å². The second kappa shape index (κ2) is 5.89. The van der Waals surface area contributed by atoms with E-state index in [0.29, 0.717) is 11.2 Å². The first kappa shape index (κ1) is 18.0. The molecule has 0 spiro atoms. The molecule has 0 atom stereocenters. The minimum atomic E-state index is 0.268. The lowest BCUT2D eigenvalue weighted by Gasteiger charge is -2.57. The third-order valence-electron chi connectivity index (χ3n) is 11.2. The predicted molar refractivity (Wildman–Crippen MR) is 125 cm³/mol. The first-order chi connectivity index (χ1) is 15.1. The van der Waals surface area contributed by atoms with Crippen LogP contribution in [0.25, 0.3) is 10.8 Å². The van der Waals surface area contributed by atoms with Gasteiger partial charge in [-0.05, 0) is 152 Å². The lowest BCUT2D eigenvalue weighted by atomic mass is 9.47. The maximum Gasteiger partial charge on any atom is 0.119 e. The zero-order valence-corrected chi connectivity index (χ0v) is 18.8. The Morgan fingerprint density at radius 1 is 0.548 bits per heavy atom. The molecule has 162 valence electrons. The summed E-state index contributed by atoms with van der Waals surface area (Å²) in [4.78, 5) is 0. The number of aromatic hydroxyl groups is 1. The molecule has 1 N–H and O–H groups in total. The number of fused-ring (bicyclic) bond motifs is 1. The van der Waals surface area contributed by atoms with Crippen molar-refractivity contribution in [2.45, 2.75) is 87.9 Å². The molecule has 1 nitrogen and oxygen atoms in total. The van der Waals surface area contributed by atoms with Crippen molar-refractivity contribution in [2.75, 3.05) is 0 Å². The van der Waals surface area contributed by atoms with Crippen LogP contribution in [0.5, 0.6) is 5.75 Å². The number of hydrogen-bond donors (Lipinski definition) is 1. The van der Waals surface area contributed by atoms with E-state index in [1.807, 2.05) is 0 Å². The standard InChI is InChI=1S/C30H36O/c31-28-11-24-1-2-26(29-12-18-3-19(13-29)5-20(4-18)14-29)9-25(24)10-27(28)30-15-21-6-22(16-30)8-23(7-21)17-30/h1-2,9-11,18-23,31H,3-8,12-17H2. The number of phenolic OH excluding ortho intramolecular Hbond substituents is 1. The SMILES string of the molecule is Oc1cc2ccc(C34CC5CC(CC(C5)C3)C4)cc2cc1C12CC3CC(CC(C3)C1)C2. The van der Waals surface area contributed by atoms with Crippen molar-refractivity contribution in [2.24, 2.45) is 35.5 Å². The van der Waals surface area contributed by atoms with Crippen LogP contribution in [0, 0.1) is 35.5 Å². The van der Waals surface area contributed by atoms with Gasteiger partial charge in [0.2, 0.25) is 0 Å².